The molecule has 1 aliphatic heterocycles. The average molecular weight is 237 g/mol. The summed E-state index contributed by atoms with van der Waals surface area (Å²) in [6.45, 7) is 8.04. The molecule has 2 heterocycles. The van der Waals surface area contributed by atoms with Crippen LogP contribution in [0.5, 0.6) is 0 Å². The fourth-order valence-electron chi connectivity index (χ4n) is 2.42. The molecule has 1 fully saturated rings. The van der Waals surface area contributed by atoms with Crippen LogP contribution in [0.2, 0.25) is 0 Å². The van der Waals surface area contributed by atoms with Crippen molar-refractivity contribution in [3.63, 3.8) is 0 Å². The summed E-state index contributed by atoms with van der Waals surface area (Å²) in [5.74, 6) is 0. The summed E-state index contributed by atoms with van der Waals surface area (Å²) in [6.07, 6.45) is 1.22. The first-order valence-electron chi connectivity index (χ1n) is 5.80. The molecule has 5 heteroatoms. The van der Waals surface area contributed by atoms with Gasteiger partial charge < -0.3 is 4.74 Å². The number of carbonyl (C=O) groups is 1. The lowest BCUT2D eigenvalue weighted by Gasteiger charge is -2.33. The number of hydrogen-bond donors (Lipinski definition) is 0. The van der Waals surface area contributed by atoms with E-state index >= 15 is 0 Å². The molecule has 0 radical (unpaired) electrons. The van der Waals surface area contributed by atoms with Gasteiger partial charge in [0.05, 0.1) is 11.7 Å². The SMILES string of the molecule is C[C@H]1[C@@H](c2ccnn2C)OC(=O)N1C(C)(C)C. The van der Waals surface area contributed by atoms with Crippen molar-refractivity contribution < 1.29 is 9.53 Å². The molecule has 0 bridgehead atoms. The lowest BCUT2D eigenvalue weighted by atomic mass is 10.0. The maximum Gasteiger partial charge on any atom is 0.411 e. The number of amides is 1. The van der Waals surface area contributed by atoms with E-state index in [9.17, 15) is 4.79 Å². The fraction of sp³-hybridized carbons (Fsp3) is 0.667. The third-order valence-electron chi connectivity index (χ3n) is 3.14. The predicted molar refractivity (Wildman–Crippen MR) is 63.5 cm³/mol. The molecule has 1 aromatic rings. The summed E-state index contributed by atoms with van der Waals surface area (Å²) in [4.78, 5) is 13.7. The van der Waals surface area contributed by atoms with Crippen molar-refractivity contribution >= 4 is 6.09 Å². The molecule has 17 heavy (non-hydrogen) atoms. The van der Waals surface area contributed by atoms with Gasteiger partial charge in [-0.25, -0.2) is 4.79 Å². The van der Waals surface area contributed by atoms with Gasteiger partial charge in [-0.05, 0) is 33.8 Å². The van der Waals surface area contributed by atoms with E-state index in [1.54, 1.807) is 15.8 Å². The van der Waals surface area contributed by atoms with E-state index in [1.807, 2.05) is 40.8 Å². The Bertz CT molecular complexity index is 433. The number of rotatable bonds is 1. The van der Waals surface area contributed by atoms with Crippen LogP contribution in [0.3, 0.4) is 0 Å². The highest BCUT2D eigenvalue weighted by atomic mass is 16.6. The van der Waals surface area contributed by atoms with Crippen LogP contribution in [-0.2, 0) is 11.8 Å². The highest BCUT2D eigenvalue weighted by Gasteiger charge is 2.45. The number of cyclic esters (lactones) is 1. The molecule has 5 nitrogen and oxygen atoms in total. The Morgan fingerprint density at radius 1 is 1.41 bits per heavy atom. The second kappa shape index (κ2) is 3.75. The fourth-order valence-corrected chi connectivity index (χ4v) is 2.42. The van der Waals surface area contributed by atoms with Crippen LogP contribution in [-0.4, -0.2) is 32.4 Å². The van der Waals surface area contributed by atoms with Crippen molar-refractivity contribution in [3.8, 4) is 0 Å². The van der Waals surface area contributed by atoms with Crippen LogP contribution < -0.4 is 0 Å². The number of aromatic nitrogens is 2. The van der Waals surface area contributed by atoms with Crippen molar-refractivity contribution in [2.75, 3.05) is 0 Å². The van der Waals surface area contributed by atoms with Crippen molar-refractivity contribution in [2.45, 2.75) is 45.4 Å². The van der Waals surface area contributed by atoms with Gasteiger partial charge in [0.2, 0.25) is 0 Å². The summed E-state index contributed by atoms with van der Waals surface area (Å²) in [5.41, 5.74) is 0.696. The molecular weight excluding hydrogens is 218 g/mol. The van der Waals surface area contributed by atoms with E-state index in [-0.39, 0.29) is 23.8 Å². The van der Waals surface area contributed by atoms with Gasteiger partial charge in [-0.3, -0.25) is 9.58 Å². The Morgan fingerprint density at radius 2 is 2.06 bits per heavy atom. The molecule has 1 amide bonds. The number of aryl methyl sites for hydroxylation is 1. The lowest BCUT2D eigenvalue weighted by molar-refractivity contribution is 0.118. The number of hydrogen-bond acceptors (Lipinski definition) is 3. The second-order valence-corrected chi connectivity index (χ2v) is 5.47. The van der Waals surface area contributed by atoms with E-state index in [1.165, 1.54) is 0 Å². The van der Waals surface area contributed by atoms with Crippen molar-refractivity contribution in [1.82, 2.24) is 14.7 Å². The van der Waals surface area contributed by atoms with Gasteiger partial charge in [-0.15, -0.1) is 0 Å². The molecule has 0 spiro atoms. The first-order chi connectivity index (χ1) is 7.82. The van der Waals surface area contributed by atoms with E-state index in [0.29, 0.717) is 0 Å². The zero-order valence-corrected chi connectivity index (χ0v) is 11.0. The van der Waals surface area contributed by atoms with Gasteiger partial charge in [0, 0.05) is 18.8 Å². The number of nitrogens with zero attached hydrogens (tertiary/aromatic N) is 3. The van der Waals surface area contributed by atoms with Crippen LogP contribution in [0.1, 0.15) is 39.5 Å². The quantitative estimate of drug-likeness (QED) is 0.751. The third kappa shape index (κ3) is 1.90. The normalized spacial score (nSPS) is 25.2. The second-order valence-electron chi connectivity index (χ2n) is 5.47. The minimum absolute atomic E-state index is 0.0119. The molecule has 0 aromatic carbocycles. The Balaban J connectivity index is 2.31. The molecule has 94 valence electrons. The van der Waals surface area contributed by atoms with E-state index in [2.05, 4.69) is 5.10 Å². The highest BCUT2D eigenvalue weighted by Crippen LogP contribution is 2.36. The van der Waals surface area contributed by atoms with E-state index in [4.69, 9.17) is 4.74 Å². The van der Waals surface area contributed by atoms with Crippen LogP contribution in [0.4, 0.5) is 4.79 Å². The zero-order valence-electron chi connectivity index (χ0n) is 11.0. The van der Waals surface area contributed by atoms with E-state index in [0.717, 1.165) is 5.69 Å². The summed E-state index contributed by atoms with van der Waals surface area (Å²) in [5, 5.41) is 4.11. The molecular formula is C12H19N3O2. The predicted octanol–water partition coefficient (Wildman–Crippen LogP) is 2.10. The van der Waals surface area contributed by atoms with Gasteiger partial charge in [-0.2, -0.15) is 5.10 Å². The van der Waals surface area contributed by atoms with Gasteiger partial charge in [0.25, 0.3) is 0 Å². The smallest absolute Gasteiger partial charge is 0.411 e. The number of ether oxygens (including phenoxy) is 1. The monoisotopic (exact) mass is 237 g/mol. The maximum absolute atomic E-state index is 11.9. The van der Waals surface area contributed by atoms with Crippen LogP contribution in [0.15, 0.2) is 12.3 Å². The van der Waals surface area contributed by atoms with Gasteiger partial charge in [0.15, 0.2) is 6.10 Å². The first kappa shape index (κ1) is 12.0. The number of carbonyl (C=O) groups excluding carboxylic acids is 1. The van der Waals surface area contributed by atoms with Crippen molar-refractivity contribution in [2.24, 2.45) is 7.05 Å². The van der Waals surface area contributed by atoms with Crippen LogP contribution in [0.25, 0.3) is 0 Å². The molecule has 0 saturated carbocycles. The Labute approximate surface area is 101 Å². The summed E-state index contributed by atoms with van der Waals surface area (Å²) in [6, 6.07) is 1.90. The molecule has 1 aliphatic rings. The van der Waals surface area contributed by atoms with Crippen molar-refractivity contribution in [3.05, 3.63) is 18.0 Å². The summed E-state index contributed by atoms with van der Waals surface area (Å²) < 4.78 is 7.21. The molecule has 0 N–H and O–H groups in total. The van der Waals surface area contributed by atoms with Crippen molar-refractivity contribution in [1.29, 1.82) is 0 Å². The lowest BCUT2D eigenvalue weighted by Crippen LogP contribution is -2.46. The minimum atomic E-state index is -0.254. The standard InChI is InChI=1S/C12H19N3O2/c1-8-10(9-6-7-13-14(9)5)17-11(16)15(8)12(2,3)4/h6-8,10H,1-5H3/t8-,10-/m0/s1. The van der Waals surface area contributed by atoms with E-state index < -0.39 is 0 Å². The topological polar surface area (TPSA) is 47.4 Å². The molecule has 0 unspecified atom stereocenters. The van der Waals surface area contributed by atoms with Gasteiger partial charge >= 0.3 is 6.09 Å². The molecule has 0 aliphatic carbocycles. The molecule has 1 aromatic heterocycles. The third-order valence-corrected chi connectivity index (χ3v) is 3.14. The van der Waals surface area contributed by atoms with Gasteiger partial charge in [-0.1, -0.05) is 0 Å². The summed E-state index contributed by atoms with van der Waals surface area (Å²) in [7, 11) is 1.86. The maximum atomic E-state index is 11.9. The zero-order chi connectivity index (χ0) is 12.8. The average Bonchev–Trinajstić information content (AvgIpc) is 2.69. The Morgan fingerprint density at radius 3 is 2.47 bits per heavy atom. The summed E-state index contributed by atoms with van der Waals surface area (Å²) >= 11 is 0. The molecule has 2 rings (SSSR count). The largest absolute Gasteiger partial charge is 0.437 e. The van der Waals surface area contributed by atoms with Crippen LogP contribution >= 0.6 is 0 Å². The molecule has 1 saturated heterocycles. The highest BCUT2D eigenvalue weighted by molar-refractivity contribution is 5.71. The van der Waals surface area contributed by atoms with Gasteiger partial charge in [0.1, 0.15) is 0 Å². The molecule has 2 atom stereocenters. The first-order valence-corrected chi connectivity index (χ1v) is 5.80. The Kier molecular flexibility index (Phi) is 2.64. The Hall–Kier alpha value is -1.52. The van der Waals surface area contributed by atoms with Crippen LogP contribution in [0, 0.1) is 0 Å². The minimum Gasteiger partial charge on any atom is -0.437 e.